The van der Waals surface area contributed by atoms with E-state index in [0.29, 0.717) is 5.75 Å². The van der Waals surface area contributed by atoms with Gasteiger partial charge in [0.15, 0.2) is 0 Å². The summed E-state index contributed by atoms with van der Waals surface area (Å²) in [5.74, 6) is 1.56. The number of aliphatic hydroxyl groups excluding tert-OH is 2. The van der Waals surface area contributed by atoms with Gasteiger partial charge < -0.3 is 19.7 Å². The second kappa shape index (κ2) is 14.2. The standard InChI is InChI=1S/C25H38O4/c1-2-3-4-5-6-7-8-9-10-11-18-28-24-16-12-15-23-22(24)14-13-17-25(23)29-20-21(27)19-26/h12-17,21,26-27H,2-11,18-20H2,1H3. The Kier molecular flexibility index (Phi) is 11.5. The van der Waals surface area contributed by atoms with Gasteiger partial charge >= 0.3 is 0 Å². The highest BCUT2D eigenvalue weighted by atomic mass is 16.5. The van der Waals surface area contributed by atoms with Gasteiger partial charge in [-0.05, 0) is 18.6 Å². The molecule has 0 radical (unpaired) electrons. The number of benzene rings is 2. The molecule has 0 amide bonds. The normalized spacial score (nSPS) is 12.2. The Balaban J connectivity index is 1.72. The lowest BCUT2D eigenvalue weighted by Crippen LogP contribution is -2.21. The Hall–Kier alpha value is -1.78. The molecule has 2 aromatic rings. The van der Waals surface area contributed by atoms with Gasteiger partial charge in [-0.3, -0.25) is 0 Å². The van der Waals surface area contributed by atoms with E-state index >= 15 is 0 Å². The van der Waals surface area contributed by atoms with E-state index in [4.69, 9.17) is 14.6 Å². The lowest BCUT2D eigenvalue weighted by Gasteiger charge is -2.14. The molecule has 0 saturated heterocycles. The molecule has 0 bridgehead atoms. The van der Waals surface area contributed by atoms with Crippen molar-refractivity contribution < 1.29 is 19.7 Å². The second-order valence-corrected chi connectivity index (χ2v) is 7.79. The molecular formula is C25H38O4. The van der Waals surface area contributed by atoms with E-state index in [-0.39, 0.29) is 13.2 Å². The summed E-state index contributed by atoms with van der Waals surface area (Å²) in [5, 5.41) is 20.4. The molecule has 0 heterocycles. The molecule has 1 atom stereocenters. The van der Waals surface area contributed by atoms with Gasteiger partial charge in [0, 0.05) is 10.8 Å². The van der Waals surface area contributed by atoms with Crippen LogP contribution in [0.5, 0.6) is 11.5 Å². The third kappa shape index (κ3) is 8.63. The van der Waals surface area contributed by atoms with Crippen LogP contribution in [0.4, 0.5) is 0 Å². The quantitative estimate of drug-likeness (QED) is 0.345. The van der Waals surface area contributed by atoms with Crippen molar-refractivity contribution >= 4 is 10.8 Å². The molecule has 0 aliphatic rings. The highest BCUT2D eigenvalue weighted by Crippen LogP contribution is 2.32. The SMILES string of the molecule is CCCCCCCCCCCCOc1cccc2c(OCC(O)CO)cccc12. The minimum atomic E-state index is -0.874. The smallest absolute Gasteiger partial charge is 0.127 e. The van der Waals surface area contributed by atoms with Crippen LogP contribution in [0.25, 0.3) is 10.8 Å². The summed E-state index contributed by atoms with van der Waals surface area (Å²) in [5.41, 5.74) is 0. The summed E-state index contributed by atoms with van der Waals surface area (Å²) in [6.07, 6.45) is 12.3. The Morgan fingerprint density at radius 2 is 1.24 bits per heavy atom. The number of fused-ring (bicyclic) bond motifs is 1. The van der Waals surface area contributed by atoms with Crippen LogP contribution in [0.3, 0.4) is 0 Å². The molecule has 0 aromatic heterocycles. The van der Waals surface area contributed by atoms with Crippen LogP contribution in [-0.4, -0.2) is 36.1 Å². The van der Waals surface area contributed by atoms with Crippen molar-refractivity contribution in [3.63, 3.8) is 0 Å². The summed E-state index contributed by atoms with van der Waals surface area (Å²) in [6.45, 7) is 2.75. The lowest BCUT2D eigenvalue weighted by atomic mass is 10.1. The van der Waals surface area contributed by atoms with Gasteiger partial charge in [0.05, 0.1) is 13.2 Å². The summed E-state index contributed by atoms with van der Waals surface area (Å²) >= 11 is 0. The molecule has 2 rings (SSSR count). The molecule has 0 fully saturated rings. The summed E-state index contributed by atoms with van der Waals surface area (Å²) < 4.78 is 11.7. The van der Waals surface area contributed by atoms with Gasteiger partial charge in [-0.1, -0.05) is 89.0 Å². The molecule has 1 unspecified atom stereocenters. The van der Waals surface area contributed by atoms with Crippen molar-refractivity contribution in [1.82, 2.24) is 0 Å². The van der Waals surface area contributed by atoms with E-state index in [9.17, 15) is 5.11 Å². The van der Waals surface area contributed by atoms with Crippen LogP contribution in [0, 0.1) is 0 Å². The summed E-state index contributed by atoms with van der Waals surface area (Å²) in [4.78, 5) is 0. The fourth-order valence-electron chi connectivity index (χ4n) is 3.51. The van der Waals surface area contributed by atoms with Crippen LogP contribution in [0.2, 0.25) is 0 Å². The Bertz CT molecular complexity index is 686. The van der Waals surface area contributed by atoms with E-state index in [0.717, 1.165) is 29.5 Å². The average Bonchev–Trinajstić information content (AvgIpc) is 2.75. The predicted molar refractivity (Wildman–Crippen MR) is 120 cm³/mol. The van der Waals surface area contributed by atoms with Gasteiger partial charge in [-0.25, -0.2) is 0 Å². The van der Waals surface area contributed by atoms with Gasteiger partial charge in [0.25, 0.3) is 0 Å². The first-order valence-corrected chi connectivity index (χ1v) is 11.3. The van der Waals surface area contributed by atoms with E-state index in [2.05, 4.69) is 6.92 Å². The van der Waals surface area contributed by atoms with Crippen molar-refractivity contribution in [3.8, 4) is 11.5 Å². The number of unbranched alkanes of at least 4 members (excludes halogenated alkanes) is 9. The molecule has 0 aliphatic heterocycles. The number of aliphatic hydroxyl groups is 2. The molecule has 0 saturated carbocycles. The van der Waals surface area contributed by atoms with Crippen molar-refractivity contribution in [2.45, 2.75) is 77.2 Å². The van der Waals surface area contributed by atoms with Crippen LogP contribution in [-0.2, 0) is 0 Å². The molecule has 2 N–H and O–H groups in total. The van der Waals surface area contributed by atoms with Crippen LogP contribution < -0.4 is 9.47 Å². The zero-order chi connectivity index (χ0) is 20.7. The molecule has 4 heteroatoms. The van der Waals surface area contributed by atoms with Crippen LogP contribution >= 0.6 is 0 Å². The summed E-state index contributed by atoms with van der Waals surface area (Å²) in [7, 11) is 0. The minimum absolute atomic E-state index is 0.0688. The van der Waals surface area contributed by atoms with Gasteiger partial charge in [0.1, 0.15) is 24.2 Å². The van der Waals surface area contributed by atoms with Crippen LogP contribution in [0.15, 0.2) is 36.4 Å². The number of hydrogen-bond donors (Lipinski definition) is 2. The fraction of sp³-hybridized carbons (Fsp3) is 0.600. The molecule has 162 valence electrons. The first kappa shape index (κ1) is 23.5. The maximum Gasteiger partial charge on any atom is 0.127 e. The van der Waals surface area contributed by atoms with Gasteiger partial charge in [0.2, 0.25) is 0 Å². The Morgan fingerprint density at radius 3 is 1.79 bits per heavy atom. The first-order valence-electron chi connectivity index (χ1n) is 11.3. The third-order valence-electron chi connectivity index (χ3n) is 5.24. The van der Waals surface area contributed by atoms with Crippen molar-refractivity contribution in [1.29, 1.82) is 0 Å². The molecular weight excluding hydrogens is 364 g/mol. The van der Waals surface area contributed by atoms with E-state index in [1.165, 1.54) is 57.8 Å². The van der Waals surface area contributed by atoms with Crippen molar-refractivity contribution in [2.24, 2.45) is 0 Å². The van der Waals surface area contributed by atoms with E-state index in [1.807, 2.05) is 36.4 Å². The zero-order valence-corrected chi connectivity index (χ0v) is 17.9. The van der Waals surface area contributed by atoms with Crippen molar-refractivity contribution in [3.05, 3.63) is 36.4 Å². The topological polar surface area (TPSA) is 58.9 Å². The highest BCUT2D eigenvalue weighted by molar-refractivity contribution is 5.93. The molecule has 4 nitrogen and oxygen atoms in total. The second-order valence-electron chi connectivity index (χ2n) is 7.79. The molecule has 0 aliphatic carbocycles. The number of ether oxygens (including phenoxy) is 2. The predicted octanol–water partition coefficient (Wildman–Crippen LogP) is 5.87. The fourth-order valence-corrected chi connectivity index (χ4v) is 3.51. The Morgan fingerprint density at radius 1 is 0.724 bits per heavy atom. The van der Waals surface area contributed by atoms with Crippen molar-refractivity contribution in [2.75, 3.05) is 19.8 Å². The maximum atomic E-state index is 9.52. The number of rotatable bonds is 16. The van der Waals surface area contributed by atoms with Gasteiger partial charge in [-0.15, -0.1) is 0 Å². The molecule has 29 heavy (non-hydrogen) atoms. The lowest BCUT2D eigenvalue weighted by molar-refractivity contribution is 0.0541. The highest BCUT2D eigenvalue weighted by Gasteiger charge is 2.09. The Labute approximate surface area is 175 Å². The largest absolute Gasteiger partial charge is 0.493 e. The van der Waals surface area contributed by atoms with E-state index < -0.39 is 6.10 Å². The van der Waals surface area contributed by atoms with E-state index in [1.54, 1.807) is 0 Å². The maximum absolute atomic E-state index is 9.52. The number of hydrogen-bond acceptors (Lipinski definition) is 4. The first-order chi connectivity index (χ1) is 14.3. The monoisotopic (exact) mass is 402 g/mol. The third-order valence-corrected chi connectivity index (χ3v) is 5.24. The zero-order valence-electron chi connectivity index (χ0n) is 17.9. The molecule has 0 spiro atoms. The minimum Gasteiger partial charge on any atom is -0.493 e. The summed E-state index contributed by atoms with van der Waals surface area (Å²) in [6, 6.07) is 11.8. The van der Waals surface area contributed by atoms with Crippen LogP contribution in [0.1, 0.15) is 71.1 Å². The van der Waals surface area contributed by atoms with Gasteiger partial charge in [-0.2, -0.15) is 0 Å². The molecule has 2 aromatic carbocycles. The average molecular weight is 403 g/mol.